The molecule has 0 N–H and O–H groups in total. The van der Waals surface area contributed by atoms with Gasteiger partial charge in [0.2, 0.25) is 0 Å². The van der Waals surface area contributed by atoms with Crippen molar-refractivity contribution < 1.29 is 13.2 Å². The Hall–Kier alpha value is -1.06. The van der Waals surface area contributed by atoms with Gasteiger partial charge in [-0.05, 0) is 24.0 Å². The van der Waals surface area contributed by atoms with Crippen LogP contribution in [0.4, 0.5) is 13.2 Å². The number of pyridine rings is 1. The van der Waals surface area contributed by atoms with Crippen molar-refractivity contribution in [1.29, 1.82) is 0 Å². The first-order chi connectivity index (χ1) is 7.21. The highest BCUT2D eigenvalue weighted by Gasteiger charge is 2.32. The second kappa shape index (κ2) is 4.44. The van der Waals surface area contributed by atoms with Gasteiger partial charge in [0, 0.05) is 11.4 Å². The summed E-state index contributed by atoms with van der Waals surface area (Å²) < 4.78 is 37.9. The van der Waals surface area contributed by atoms with Gasteiger partial charge in [-0.1, -0.05) is 27.7 Å². The average Bonchev–Trinajstić information content (AvgIpc) is 2.15. The number of halogens is 3. The quantitative estimate of drug-likeness (QED) is 0.737. The molecule has 1 heterocycles. The van der Waals surface area contributed by atoms with Crippen LogP contribution >= 0.6 is 0 Å². The molecule has 0 aliphatic rings. The van der Waals surface area contributed by atoms with Gasteiger partial charge in [-0.3, -0.25) is 4.98 Å². The Labute approximate surface area is 93.7 Å². The minimum Gasteiger partial charge on any atom is -0.257 e. The molecule has 0 radical (unpaired) electrons. The molecule has 1 aromatic rings. The van der Waals surface area contributed by atoms with Gasteiger partial charge in [0.05, 0.1) is 5.56 Å². The molecule has 0 saturated carbocycles. The number of nitrogens with zero attached hydrogens (tertiary/aromatic N) is 1. The maximum Gasteiger partial charge on any atom is 0.416 e. The highest BCUT2D eigenvalue weighted by Crippen LogP contribution is 2.32. The Morgan fingerprint density at radius 1 is 0.938 bits per heavy atom. The lowest BCUT2D eigenvalue weighted by Gasteiger charge is -2.14. The van der Waals surface area contributed by atoms with Gasteiger partial charge in [0.1, 0.15) is 0 Å². The van der Waals surface area contributed by atoms with Crippen LogP contribution in [0.1, 0.15) is 56.5 Å². The number of aromatic nitrogens is 1. The van der Waals surface area contributed by atoms with Crippen LogP contribution in [0.15, 0.2) is 12.1 Å². The van der Waals surface area contributed by atoms with E-state index in [1.807, 2.05) is 27.7 Å². The van der Waals surface area contributed by atoms with E-state index in [4.69, 9.17) is 0 Å². The fraction of sp³-hybridized carbons (Fsp3) is 0.583. The molecule has 0 atom stereocenters. The van der Waals surface area contributed by atoms with E-state index in [9.17, 15) is 13.2 Å². The summed E-state index contributed by atoms with van der Waals surface area (Å²) in [4.78, 5) is 4.25. The third-order valence-electron chi connectivity index (χ3n) is 2.38. The molecule has 0 amide bonds. The normalized spacial score (nSPS) is 12.6. The second-order valence-corrected chi connectivity index (χ2v) is 4.51. The summed E-state index contributed by atoms with van der Waals surface area (Å²) >= 11 is 0. The molecule has 16 heavy (non-hydrogen) atoms. The van der Waals surface area contributed by atoms with Gasteiger partial charge < -0.3 is 0 Å². The first-order valence-electron chi connectivity index (χ1n) is 5.31. The second-order valence-electron chi connectivity index (χ2n) is 4.51. The van der Waals surface area contributed by atoms with Gasteiger partial charge in [-0.25, -0.2) is 0 Å². The Kier molecular flexibility index (Phi) is 3.61. The van der Waals surface area contributed by atoms with Crippen molar-refractivity contribution in [3.63, 3.8) is 0 Å². The summed E-state index contributed by atoms with van der Waals surface area (Å²) in [5.41, 5.74) is 0.395. The van der Waals surface area contributed by atoms with Crippen LogP contribution < -0.4 is 0 Å². The van der Waals surface area contributed by atoms with Crippen LogP contribution in [0.2, 0.25) is 0 Å². The molecule has 1 rings (SSSR count). The number of hydrogen-bond acceptors (Lipinski definition) is 1. The molecule has 4 heteroatoms. The van der Waals surface area contributed by atoms with E-state index >= 15 is 0 Å². The van der Waals surface area contributed by atoms with Crippen LogP contribution in [0.5, 0.6) is 0 Å². The lowest BCUT2D eigenvalue weighted by molar-refractivity contribution is -0.137. The summed E-state index contributed by atoms with van der Waals surface area (Å²) in [6.45, 7) is 7.36. The van der Waals surface area contributed by atoms with Gasteiger partial charge in [0.15, 0.2) is 0 Å². The van der Waals surface area contributed by atoms with Crippen molar-refractivity contribution in [2.24, 2.45) is 0 Å². The summed E-state index contributed by atoms with van der Waals surface area (Å²) in [5.74, 6) is -0.000370. The fourth-order valence-electron chi connectivity index (χ4n) is 1.33. The van der Waals surface area contributed by atoms with Crippen molar-refractivity contribution in [1.82, 2.24) is 4.98 Å². The van der Waals surface area contributed by atoms with Crippen molar-refractivity contribution >= 4 is 0 Å². The van der Waals surface area contributed by atoms with E-state index in [2.05, 4.69) is 4.98 Å². The summed E-state index contributed by atoms with van der Waals surface area (Å²) in [7, 11) is 0. The Balaban J connectivity index is 3.30. The van der Waals surface area contributed by atoms with Crippen molar-refractivity contribution in [3.8, 4) is 0 Å². The van der Waals surface area contributed by atoms with E-state index < -0.39 is 11.7 Å². The lowest BCUT2D eigenvalue weighted by atomic mass is 10.0. The molecule has 0 unspecified atom stereocenters. The SMILES string of the molecule is CC(C)c1cc(C(F)(F)F)cc(C(C)C)n1. The summed E-state index contributed by atoms with van der Waals surface area (Å²) in [5, 5.41) is 0. The fourth-order valence-corrected chi connectivity index (χ4v) is 1.33. The highest BCUT2D eigenvalue weighted by molar-refractivity contribution is 5.27. The molecule has 1 nitrogen and oxygen atoms in total. The predicted octanol–water partition coefficient (Wildman–Crippen LogP) is 4.35. The van der Waals surface area contributed by atoms with Crippen molar-refractivity contribution in [3.05, 3.63) is 29.1 Å². The Morgan fingerprint density at radius 2 is 1.31 bits per heavy atom. The molecule has 0 spiro atoms. The molecule has 0 aliphatic carbocycles. The highest BCUT2D eigenvalue weighted by atomic mass is 19.4. The third-order valence-corrected chi connectivity index (χ3v) is 2.38. The smallest absolute Gasteiger partial charge is 0.257 e. The largest absolute Gasteiger partial charge is 0.416 e. The molecule has 1 aromatic heterocycles. The van der Waals surface area contributed by atoms with Gasteiger partial charge in [0.25, 0.3) is 0 Å². The monoisotopic (exact) mass is 231 g/mol. The topological polar surface area (TPSA) is 12.9 Å². The Morgan fingerprint density at radius 3 is 1.56 bits per heavy atom. The number of hydrogen-bond donors (Lipinski definition) is 0. The van der Waals surface area contributed by atoms with Gasteiger partial charge in [-0.2, -0.15) is 13.2 Å². The average molecular weight is 231 g/mol. The van der Waals surface area contributed by atoms with Crippen LogP contribution in [0.25, 0.3) is 0 Å². The zero-order valence-electron chi connectivity index (χ0n) is 9.89. The minimum atomic E-state index is -4.30. The van der Waals surface area contributed by atoms with E-state index in [1.54, 1.807) is 0 Å². The minimum absolute atomic E-state index is 0.000185. The molecular formula is C12H16F3N. The third kappa shape index (κ3) is 2.97. The molecule has 0 aromatic carbocycles. The molecule has 0 saturated heterocycles. The first kappa shape index (κ1) is 13.0. The van der Waals surface area contributed by atoms with Crippen molar-refractivity contribution in [2.75, 3.05) is 0 Å². The van der Waals surface area contributed by atoms with E-state index in [-0.39, 0.29) is 11.8 Å². The van der Waals surface area contributed by atoms with Crippen LogP contribution in [0, 0.1) is 0 Å². The Bertz CT molecular complexity index is 341. The zero-order valence-corrected chi connectivity index (χ0v) is 9.89. The summed E-state index contributed by atoms with van der Waals surface area (Å²) in [6, 6.07) is 2.27. The molecule has 0 aliphatic heterocycles. The van der Waals surface area contributed by atoms with E-state index in [1.165, 1.54) is 0 Å². The van der Waals surface area contributed by atoms with Crippen LogP contribution in [-0.4, -0.2) is 4.98 Å². The predicted molar refractivity (Wildman–Crippen MR) is 57.4 cm³/mol. The van der Waals surface area contributed by atoms with Crippen molar-refractivity contribution in [2.45, 2.75) is 45.7 Å². The van der Waals surface area contributed by atoms with Crippen LogP contribution in [0.3, 0.4) is 0 Å². The maximum atomic E-state index is 12.6. The first-order valence-corrected chi connectivity index (χ1v) is 5.31. The van der Waals surface area contributed by atoms with Gasteiger partial charge >= 0.3 is 6.18 Å². The standard InChI is InChI=1S/C12H16F3N/c1-7(2)10-5-9(12(13,14)15)6-11(16-10)8(3)4/h5-8H,1-4H3. The maximum absolute atomic E-state index is 12.6. The molecule has 90 valence electrons. The van der Waals surface area contributed by atoms with E-state index in [0.29, 0.717) is 11.4 Å². The molecule has 0 bridgehead atoms. The van der Waals surface area contributed by atoms with Crippen LogP contribution in [-0.2, 0) is 6.18 Å². The molecule has 0 fully saturated rings. The number of rotatable bonds is 2. The molecular weight excluding hydrogens is 215 g/mol. The van der Waals surface area contributed by atoms with Gasteiger partial charge in [-0.15, -0.1) is 0 Å². The summed E-state index contributed by atoms with van der Waals surface area (Å²) in [6.07, 6.45) is -4.30. The lowest BCUT2D eigenvalue weighted by Crippen LogP contribution is -2.10. The number of alkyl halides is 3. The van der Waals surface area contributed by atoms with E-state index in [0.717, 1.165) is 12.1 Å². The zero-order chi connectivity index (χ0) is 12.5.